The zero-order valence-corrected chi connectivity index (χ0v) is 16.2. The van der Waals surface area contributed by atoms with Gasteiger partial charge in [-0.05, 0) is 66.7 Å². The highest BCUT2D eigenvalue weighted by atomic mass is 16.5. The quantitative estimate of drug-likeness (QED) is 0.722. The van der Waals surface area contributed by atoms with Crippen LogP contribution in [0.25, 0.3) is 0 Å². The number of nitriles is 1. The van der Waals surface area contributed by atoms with Crippen LogP contribution in [-0.4, -0.2) is 28.8 Å². The van der Waals surface area contributed by atoms with Crippen LogP contribution in [0.15, 0.2) is 18.2 Å². The maximum Gasteiger partial charge on any atom is 0.306 e. The van der Waals surface area contributed by atoms with Gasteiger partial charge in [0.25, 0.3) is 0 Å². The van der Waals surface area contributed by atoms with Gasteiger partial charge in [0, 0.05) is 11.8 Å². The van der Waals surface area contributed by atoms with Crippen LogP contribution < -0.4 is 0 Å². The monoisotopic (exact) mass is 385 g/mol. The van der Waals surface area contributed by atoms with E-state index < -0.39 is 11.9 Å². The summed E-state index contributed by atoms with van der Waals surface area (Å²) in [5, 5.41) is 27.9. The molecule has 0 saturated heterocycles. The summed E-state index contributed by atoms with van der Waals surface area (Å²) >= 11 is 0. The van der Waals surface area contributed by atoms with Crippen molar-refractivity contribution in [2.24, 2.45) is 17.3 Å². The Morgan fingerprint density at radius 1 is 1.32 bits per heavy atom. The van der Waals surface area contributed by atoms with Crippen molar-refractivity contribution >= 4 is 11.9 Å². The minimum absolute atomic E-state index is 0.116. The summed E-state index contributed by atoms with van der Waals surface area (Å²) in [6.07, 6.45) is 3.68. The van der Waals surface area contributed by atoms with Crippen LogP contribution in [0.4, 0.5) is 0 Å². The van der Waals surface area contributed by atoms with Gasteiger partial charge in [0.2, 0.25) is 0 Å². The molecule has 6 heteroatoms. The van der Waals surface area contributed by atoms with Gasteiger partial charge in [0.1, 0.15) is 5.75 Å². The lowest BCUT2D eigenvalue weighted by Gasteiger charge is -2.51. The van der Waals surface area contributed by atoms with E-state index in [4.69, 9.17) is 9.84 Å². The standard InChI is InChI=1S/C22H27NO5/c1-22(13-28-21(27)7-6-20(25)26)10-8-17-16-5-3-15(24)12-14(16)2-4-18(17)19(22)9-11-23/h3,5,12,17-19,24H,2,4,6-10,13H2,1H3,(H,25,26)/t17?,18?,19?,22-/m1/s1. The fourth-order valence-electron chi connectivity index (χ4n) is 5.16. The minimum atomic E-state index is -1.02. The number of nitrogens with zero attached hydrogens (tertiary/aromatic N) is 1. The van der Waals surface area contributed by atoms with Crippen LogP contribution in [0.3, 0.4) is 0 Å². The average Bonchev–Trinajstić information content (AvgIpc) is 2.66. The van der Waals surface area contributed by atoms with Crippen molar-refractivity contribution in [1.29, 1.82) is 5.26 Å². The molecule has 0 aromatic heterocycles. The van der Waals surface area contributed by atoms with Gasteiger partial charge in [0.15, 0.2) is 0 Å². The molecule has 4 atom stereocenters. The molecule has 6 nitrogen and oxygen atoms in total. The molecule has 0 radical (unpaired) electrons. The summed E-state index contributed by atoms with van der Waals surface area (Å²) in [4.78, 5) is 22.5. The Bertz CT molecular complexity index is 799. The molecule has 2 aliphatic carbocycles. The summed E-state index contributed by atoms with van der Waals surface area (Å²) in [7, 11) is 0. The highest BCUT2D eigenvalue weighted by molar-refractivity contribution is 5.76. The van der Waals surface area contributed by atoms with Crippen molar-refractivity contribution in [3.8, 4) is 11.8 Å². The fraction of sp³-hybridized carbons (Fsp3) is 0.591. The number of phenols is 1. The van der Waals surface area contributed by atoms with Crippen LogP contribution in [0.2, 0.25) is 0 Å². The molecule has 2 aliphatic rings. The van der Waals surface area contributed by atoms with E-state index in [1.807, 2.05) is 12.1 Å². The van der Waals surface area contributed by atoms with Gasteiger partial charge in [0.05, 0.1) is 25.5 Å². The van der Waals surface area contributed by atoms with Crippen molar-refractivity contribution < 1.29 is 24.5 Å². The summed E-state index contributed by atoms with van der Waals surface area (Å²) in [5.74, 6) is -0.402. The Hall–Kier alpha value is -2.55. The van der Waals surface area contributed by atoms with Gasteiger partial charge in [-0.25, -0.2) is 0 Å². The number of phenolic OH excluding ortho intramolecular Hbond substituents is 1. The summed E-state index contributed by atoms with van der Waals surface area (Å²) in [6.45, 7) is 2.31. The first-order valence-corrected chi connectivity index (χ1v) is 9.90. The zero-order valence-electron chi connectivity index (χ0n) is 16.2. The van der Waals surface area contributed by atoms with Gasteiger partial charge >= 0.3 is 11.9 Å². The van der Waals surface area contributed by atoms with Crippen molar-refractivity contribution in [2.75, 3.05) is 6.61 Å². The average molecular weight is 385 g/mol. The molecule has 0 spiro atoms. The van der Waals surface area contributed by atoms with E-state index in [-0.39, 0.29) is 30.8 Å². The Kier molecular flexibility index (Phi) is 5.93. The maximum atomic E-state index is 11.9. The molecule has 3 rings (SSSR count). The second-order valence-corrected chi connectivity index (χ2v) is 8.41. The maximum absolute atomic E-state index is 11.9. The summed E-state index contributed by atoms with van der Waals surface area (Å²) in [5.41, 5.74) is 2.18. The number of aryl methyl sites for hydroxylation is 1. The first-order valence-electron chi connectivity index (χ1n) is 9.90. The lowest BCUT2D eigenvalue weighted by Crippen LogP contribution is -2.45. The molecule has 2 N–H and O–H groups in total. The predicted molar refractivity (Wildman–Crippen MR) is 102 cm³/mol. The van der Waals surface area contributed by atoms with Gasteiger partial charge < -0.3 is 14.9 Å². The van der Waals surface area contributed by atoms with E-state index in [0.717, 1.165) is 25.7 Å². The van der Waals surface area contributed by atoms with E-state index in [0.29, 0.717) is 24.0 Å². The lowest BCUT2D eigenvalue weighted by atomic mass is 9.54. The number of carbonyl (C=O) groups is 2. The molecule has 3 unspecified atom stereocenters. The molecule has 1 aromatic carbocycles. The molecule has 1 aromatic rings. The van der Waals surface area contributed by atoms with E-state index >= 15 is 0 Å². The number of aromatic hydroxyl groups is 1. The number of carbonyl (C=O) groups excluding carboxylic acids is 1. The third-order valence-corrected chi connectivity index (χ3v) is 6.65. The number of rotatable bonds is 6. The number of fused-ring (bicyclic) bond motifs is 3. The highest BCUT2D eigenvalue weighted by Crippen LogP contribution is 2.56. The third-order valence-electron chi connectivity index (χ3n) is 6.65. The molecule has 28 heavy (non-hydrogen) atoms. The zero-order chi connectivity index (χ0) is 20.3. The third kappa shape index (κ3) is 4.14. The van der Waals surface area contributed by atoms with Crippen molar-refractivity contribution in [3.05, 3.63) is 29.3 Å². The van der Waals surface area contributed by atoms with E-state index in [1.165, 1.54) is 11.1 Å². The van der Waals surface area contributed by atoms with Crippen LogP contribution in [0.1, 0.15) is 62.5 Å². The lowest BCUT2D eigenvalue weighted by molar-refractivity contribution is -0.153. The van der Waals surface area contributed by atoms with Gasteiger partial charge in [-0.3, -0.25) is 9.59 Å². The second kappa shape index (κ2) is 8.22. The number of carboxylic acids is 1. The number of benzene rings is 1. The molecule has 0 aliphatic heterocycles. The van der Waals surface area contributed by atoms with Crippen LogP contribution in [-0.2, 0) is 20.7 Å². The summed E-state index contributed by atoms with van der Waals surface area (Å²) in [6, 6.07) is 7.93. The van der Waals surface area contributed by atoms with E-state index in [1.54, 1.807) is 6.07 Å². The smallest absolute Gasteiger partial charge is 0.306 e. The SMILES string of the molecule is C[C@]1(COC(=O)CCC(=O)O)CCC2c3ccc(O)cc3CCC2C1CC#N. The number of hydrogen-bond acceptors (Lipinski definition) is 5. The van der Waals surface area contributed by atoms with E-state index in [9.17, 15) is 20.0 Å². The Balaban J connectivity index is 1.75. The first-order chi connectivity index (χ1) is 13.3. The largest absolute Gasteiger partial charge is 0.508 e. The molecule has 150 valence electrons. The Morgan fingerprint density at radius 3 is 2.82 bits per heavy atom. The number of carboxylic acid groups (broad SMARTS) is 1. The number of hydrogen-bond donors (Lipinski definition) is 2. The van der Waals surface area contributed by atoms with Crippen molar-refractivity contribution in [1.82, 2.24) is 0 Å². The normalized spacial score (nSPS) is 28.5. The summed E-state index contributed by atoms with van der Waals surface area (Å²) < 4.78 is 5.43. The van der Waals surface area contributed by atoms with Gasteiger partial charge in [-0.2, -0.15) is 5.26 Å². The molecule has 0 amide bonds. The van der Waals surface area contributed by atoms with Crippen LogP contribution >= 0.6 is 0 Å². The number of esters is 1. The van der Waals surface area contributed by atoms with Crippen LogP contribution in [0.5, 0.6) is 5.75 Å². The fourth-order valence-corrected chi connectivity index (χ4v) is 5.16. The molecule has 1 saturated carbocycles. The topological polar surface area (TPSA) is 108 Å². The Morgan fingerprint density at radius 2 is 2.11 bits per heavy atom. The van der Waals surface area contributed by atoms with Gasteiger partial charge in [-0.1, -0.05) is 13.0 Å². The molecule has 0 heterocycles. The first kappa shape index (κ1) is 20.2. The number of aliphatic carboxylic acids is 1. The van der Waals surface area contributed by atoms with E-state index in [2.05, 4.69) is 13.0 Å². The molecule has 1 fully saturated rings. The van der Waals surface area contributed by atoms with Crippen molar-refractivity contribution in [3.63, 3.8) is 0 Å². The molecule has 0 bridgehead atoms. The Labute approximate surface area is 165 Å². The van der Waals surface area contributed by atoms with Crippen LogP contribution in [0, 0.1) is 28.6 Å². The van der Waals surface area contributed by atoms with Crippen molar-refractivity contribution in [2.45, 2.75) is 57.8 Å². The highest BCUT2D eigenvalue weighted by Gasteiger charge is 2.48. The second-order valence-electron chi connectivity index (χ2n) is 8.41. The van der Waals surface area contributed by atoms with Gasteiger partial charge in [-0.15, -0.1) is 0 Å². The molecular weight excluding hydrogens is 358 g/mol. The minimum Gasteiger partial charge on any atom is -0.508 e. The number of ether oxygens (including phenoxy) is 1. The predicted octanol–water partition coefficient (Wildman–Crippen LogP) is 3.78. The molecular formula is C22H27NO5.